The van der Waals surface area contributed by atoms with E-state index in [1.165, 1.54) is 10.8 Å². The van der Waals surface area contributed by atoms with Crippen LogP contribution in [0.5, 0.6) is 5.75 Å². The third kappa shape index (κ3) is 3.72. The number of aryl methyl sites for hydroxylation is 1. The number of amides is 1. The molecule has 0 fully saturated rings. The number of fused-ring (bicyclic) bond motifs is 1. The van der Waals surface area contributed by atoms with E-state index in [2.05, 4.69) is 49.5 Å². The molecule has 0 saturated carbocycles. The van der Waals surface area contributed by atoms with Crippen LogP contribution in [0.15, 0.2) is 54.6 Å². The van der Waals surface area contributed by atoms with E-state index in [9.17, 15) is 4.79 Å². The molecule has 3 aromatic rings. The second kappa shape index (κ2) is 7.61. The van der Waals surface area contributed by atoms with Gasteiger partial charge in [-0.3, -0.25) is 4.79 Å². The van der Waals surface area contributed by atoms with Gasteiger partial charge in [-0.1, -0.05) is 50.2 Å². The molecule has 0 aromatic heterocycles. The first-order valence-corrected chi connectivity index (χ1v) is 8.94. The van der Waals surface area contributed by atoms with Gasteiger partial charge in [-0.05, 0) is 58.5 Å². The summed E-state index contributed by atoms with van der Waals surface area (Å²) in [6.07, 6.45) is 0. The fourth-order valence-electron chi connectivity index (χ4n) is 3.20. The van der Waals surface area contributed by atoms with Crippen molar-refractivity contribution in [3.8, 4) is 5.75 Å². The molecule has 0 aliphatic carbocycles. The molecule has 0 heterocycles. The summed E-state index contributed by atoms with van der Waals surface area (Å²) in [5.74, 6) is 1.07. The zero-order valence-electron chi connectivity index (χ0n) is 15.8. The number of carbonyl (C=O) groups is 1. The van der Waals surface area contributed by atoms with Gasteiger partial charge in [-0.25, -0.2) is 0 Å². The molecule has 3 aromatic carbocycles. The van der Waals surface area contributed by atoms with Crippen molar-refractivity contribution in [2.24, 2.45) is 0 Å². The van der Waals surface area contributed by atoms with Crippen LogP contribution in [0.25, 0.3) is 10.8 Å². The molecule has 0 saturated heterocycles. The zero-order valence-corrected chi connectivity index (χ0v) is 15.8. The quantitative estimate of drug-likeness (QED) is 0.688. The van der Waals surface area contributed by atoms with Crippen LogP contribution in [0.2, 0.25) is 0 Å². The number of ether oxygens (including phenoxy) is 1. The van der Waals surface area contributed by atoms with E-state index in [1.54, 1.807) is 7.11 Å². The summed E-state index contributed by atoms with van der Waals surface area (Å²) < 4.78 is 5.46. The van der Waals surface area contributed by atoms with E-state index in [0.717, 1.165) is 22.4 Å². The molecular weight excluding hydrogens is 322 g/mol. The lowest BCUT2D eigenvalue weighted by molar-refractivity contribution is 0.0950. The molecule has 3 nitrogen and oxygen atoms in total. The Kier molecular flexibility index (Phi) is 5.27. The van der Waals surface area contributed by atoms with Crippen LogP contribution in [0.4, 0.5) is 0 Å². The number of hydrogen-bond donors (Lipinski definition) is 1. The number of methoxy groups -OCH3 is 1. The van der Waals surface area contributed by atoms with Crippen LogP contribution in [-0.2, 0) is 6.54 Å². The second-order valence-corrected chi connectivity index (χ2v) is 6.93. The fraction of sp³-hybridized carbons (Fsp3) is 0.261. The number of hydrogen-bond acceptors (Lipinski definition) is 2. The van der Waals surface area contributed by atoms with E-state index in [0.29, 0.717) is 12.1 Å². The van der Waals surface area contributed by atoms with Gasteiger partial charge in [0, 0.05) is 12.1 Å². The summed E-state index contributed by atoms with van der Waals surface area (Å²) in [4.78, 5) is 12.7. The minimum atomic E-state index is -0.0554. The molecule has 3 heteroatoms. The highest BCUT2D eigenvalue weighted by Crippen LogP contribution is 2.29. The fourth-order valence-corrected chi connectivity index (χ4v) is 3.20. The van der Waals surface area contributed by atoms with Gasteiger partial charge < -0.3 is 10.1 Å². The Morgan fingerprint density at radius 2 is 1.77 bits per heavy atom. The van der Waals surface area contributed by atoms with Crippen molar-refractivity contribution in [2.45, 2.75) is 33.2 Å². The molecule has 0 bridgehead atoms. The second-order valence-electron chi connectivity index (χ2n) is 6.93. The van der Waals surface area contributed by atoms with Crippen LogP contribution >= 0.6 is 0 Å². The van der Waals surface area contributed by atoms with Gasteiger partial charge in [0.1, 0.15) is 5.75 Å². The Morgan fingerprint density at radius 1 is 1.04 bits per heavy atom. The van der Waals surface area contributed by atoms with Crippen molar-refractivity contribution in [1.29, 1.82) is 0 Å². The predicted molar refractivity (Wildman–Crippen MR) is 107 cm³/mol. The Balaban J connectivity index is 1.79. The van der Waals surface area contributed by atoms with Crippen LogP contribution in [0.1, 0.15) is 46.8 Å². The number of nitrogens with one attached hydrogen (secondary N) is 1. The Bertz CT molecular complexity index is 944. The van der Waals surface area contributed by atoms with Gasteiger partial charge in [0.25, 0.3) is 5.91 Å². The maximum atomic E-state index is 12.7. The summed E-state index contributed by atoms with van der Waals surface area (Å²) in [6, 6.07) is 18.4. The highest BCUT2D eigenvalue weighted by Gasteiger charge is 2.15. The summed E-state index contributed by atoms with van der Waals surface area (Å²) in [6.45, 7) is 6.65. The molecule has 134 valence electrons. The smallest absolute Gasteiger partial charge is 0.251 e. The summed E-state index contributed by atoms with van der Waals surface area (Å²) >= 11 is 0. The van der Waals surface area contributed by atoms with Gasteiger partial charge in [0.05, 0.1) is 7.11 Å². The highest BCUT2D eigenvalue weighted by atomic mass is 16.5. The topological polar surface area (TPSA) is 38.3 Å². The van der Waals surface area contributed by atoms with Crippen LogP contribution in [0.3, 0.4) is 0 Å². The average molecular weight is 347 g/mol. The normalized spacial score (nSPS) is 11.0. The largest absolute Gasteiger partial charge is 0.496 e. The van der Waals surface area contributed by atoms with Crippen molar-refractivity contribution in [3.63, 3.8) is 0 Å². The number of benzene rings is 3. The summed E-state index contributed by atoms with van der Waals surface area (Å²) in [5, 5.41) is 5.43. The SMILES string of the molecule is COc1cc(C)c(C(=O)NCc2ccc3ccccc3c2)cc1C(C)C. The van der Waals surface area contributed by atoms with Gasteiger partial charge in [0.15, 0.2) is 0 Å². The molecule has 0 atom stereocenters. The molecule has 26 heavy (non-hydrogen) atoms. The van der Waals surface area contributed by atoms with Crippen LogP contribution in [0, 0.1) is 6.92 Å². The molecule has 0 aliphatic heterocycles. The molecule has 0 unspecified atom stereocenters. The molecule has 0 aliphatic rings. The summed E-state index contributed by atoms with van der Waals surface area (Å²) in [5.41, 5.74) is 3.76. The minimum absolute atomic E-state index is 0.0554. The zero-order chi connectivity index (χ0) is 18.7. The third-order valence-corrected chi connectivity index (χ3v) is 4.71. The lowest BCUT2D eigenvalue weighted by atomic mass is 9.96. The van der Waals surface area contributed by atoms with Gasteiger partial charge in [-0.15, -0.1) is 0 Å². The standard InChI is InChI=1S/C23H25NO2/c1-15(2)20-13-21(16(3)11-22(20)26-4)23(25)24-14-17-9-10-18-7-5-6-8-19(18)12-17/h5-13,15H,14H2,1-4H3,(H,24,25). The van der Waals surface area contributed by atoms with Crippen molar-refractivity contribution in [1.82, 2.24) is 5.32 Å². The van der Waals surface area contributed by atoms with E-state index >= 15 is 0 Å². The van der Waals surface area contributed by atoms with E-state index in [-0.39, 0.29) is 11.8 Å². The van der Waals surface area contributed by atoms with Crippen molar-refractivity contribution in [3.05, 3.63) is 76.9 Å². The first-order chi connectivity index (χ1) is 12.5. The van der Waals surface area contributed by atoms with Crippen molar-refractivity contribution >= 4 is 16.7 Å². The lowest BCUT2D eigenvalue weighted by Crippen LogP contribution is -2.24. The molecule has 0 radical (unpaired) electrons. The van der Waals surface area contributed by atoms with E-state index in [4.69, 9.17) is 4.74 Å². The number of carbonyl (C=O) groups excluding carboxylic acids is 1. The molecule has 1 amide bonds. The lowest BCUT2D eigenvalue weighted by Gasteiger charge is -2.16. The van der Waals surface area contributed by atoms with Crippen molar-refractivity contribution in [2.75, 3.05) is 7.11 Å². The van der Waals surface area contributed by atoms with E-state index < -0.39 is 0 Å². The van der Waals surface area contributed by atoms with Crippen LogP contribution in [-0.4, -0.2) is 13.0 Å². The highest BCUT2D eigenvalue weighted by molar-refractivity contribution is 5.96. The molecule has 1 N–H and O–H groups in total. The Labute approximate surface area is 155 Å². The predicted octanol–water partition coefficient (Wildman–Crippen LogP) is 5.21. The Hall–Kier alpha value is -2.81. The van der Waals surface area contributed by atoms with Gasteiger partial charge in [-0.2, -0.15) is 0 Å². The molecule has 3 rings (SSSR count). The maximum Gasteiger partial charge on any atom is 0.251 e. The van der Waals surface area contributed by atoms with Gasteiger partial charge in [0.2, 0.25) is 0 Å². The first kappa shape index (κ1) is 18.0. The molecule has 0 spiro atoms. The summed E-state index contributed by atoms with van der Waals surface area (Å²) in [7, 11) is 1.67. The minimum Gasteiger partial charge on any atom is -0.496 e. The van der Waals surface area contributed by atoms with E-state index in [1.807, 2.05) is 31.2 Å². The Morgan fingerprint density at radius 3 is 2.46 bits per heavy atom. The monoisotopic (exact) mass is 347 g/mol. The first-order valence-electron chi connectivity index (χ1n) is 8.94. The number of rotatable bonds is 5. The molecular formula is C23H25NO2. The average Bonchev–Trinajstić information content (AvgIpc) is 2.65. The van der Waals surface area contributed by atoms with Crippen molar-refractivity contribution < 1.29 is 9.53 Å². The van der Waals surface area contributed by atoms with Gasteiger partial charge >= 0.3 is 0 Å². The van der Waals surface area contributed by atoms with Crippen LogP contribution < -0.4 is 10.1 Å². The maximum absolute atomic E-state index is 12.7. The third-order valence-electron chi connectivity index (χ3n) is 4.71.